The van der Waals surface area contributed by atoms with E-state index in [1.807, 2.05) is 24.3 Å². The van der Waals surface area contributed by atoms with E-state index in [4.69, 9.17) is 4.74 Å². The van der Waals surface area contributed by atoms with Crippen LogP contribution in [-0.2, 0) is 4.79 Å². The van der Waals surface area contributed by atoms with Crippen LogP contribution in [-0.4, -0.2) is 11.0 Å². The topological polar surface area (TPSA) is 42.1 Å². The number of ether oxygens (including phenoxy) is 1. The van der Waals surface area contributed by atoms with Gasteiger partial charge in [-0.15, -0.1) is 0 Å². The fourth-order valence-corrected chi connectivity index (χ4v) is 1.41. The zero-order chi connectivity index (χ0) is 10.1. The summed E-state index contributed by atoms with van der Waals surface area (Å²) in [4.78, 5) is 13.8. The summed E-state index contributed by atoms with van der Waals surface area (Å²) in [6.07, 6.45) is 0. The van der Waals surface area contributed by atoms with Crippen molar-refractivity contribution in [1.29, 1.82) is 0 Å². The van der Waals surface area contributed by atoms with Crippen LogP contribution in [0.1, 0.15) is 12.5 Å². The normalized spacial score (nSPS) is 10.4. The third-order valence-electron chi connectivity index (χ3n) is 2.02. The average molecular weight is 188 g/mol. The standard InChI is InChI=1S/C11H10NO2/c1-7-9-5-3-4-6-10(9)12-11(7)14-8(2)13/h3-6,12H,1H2,2H3. The molecule has 0 spiro atoms. The predicted molar refractivity (Wildman–Crippen MR) is 54.1 cm³/mol. The van der Waals surface area contributed by atoms with Gasteiger partial charge in [0.2, 0.25) is 5.88 Å². The molecule has 2 rings (SSSR count). The van der Waals surface area contributed by atoms with Crippen molar-refractivity contribution in [2.75, 3.05) is 0 Å². The number of carbonyl (C=O) groups excluding carboxylic acids is 1. The molecule has 0 aliphatic carbocycles. The molecular weight excluding hydrogens is 178 g/mol. The van der Waals surface area contributed by atoms with Gasteiger partial charge < -0.3 is 9.72 Å². The molecule has 1 aromatic heterocycles. The van der Waals surface area contributed by atoms with E-state index in [0.29, 0.717) is 5.88 Å². The Balaban J connectivity index is 2.57. The van der Waals surface area contributed by atoms with E-state index in [9.17, 15) is 4.79 Å². The highest BCUT2D eigenvalue weighted by atomic mass is 16.5. The Labute approximate surface area is 81.7 Å². The highest BCUT2D eigenvalue weighted by Gasteiger charge is 2.09. The lowest BCUT2D eigenvalue weighted by atomic mass is 10.2. The van der Waals surface area contributed by atoms with Crippen LogP contribution in [0.25, 0.3) is 10.9 Å². The number of nitrogens with one attached hydrogen (secondary N) is 1. The molecule has 0 aliphatic rings. The fraction of sp³-hybridized carbons (Fsp3) is 0.0909. The summed E-state index contributed by atoms with van der Waals surface area (Å²) < 4.78 is 4.97. The molecule has 1 N–H and O–H groups in total. The number of rotatable bonds is 1. The maximum absolute atomic E-state index is 10.8. The maximum Gasteiger partial charge on any atom is 0.309 e. The fourth-order valence-electron chi connectivity index (χ4n) is 1.41. The van der Waals surface area contributed by atoms with Gasteiger partial charge in [-0.05, 0) is 13.0 Å². The molecule has 2 aromatic rings. The highest BCUT2D eigenvalue weighted by molar-refractivity contribution is 5.87. The average Bonchev–Trinajstić information content (AvgIpc) is 2.44. The van der Waals surface area contributed by atoms with E-state index in [1.165, 1.54) is 6.92 Å². The third kappa shape index (κ3) is 1.37. The van der Waals surface area contributed by atoms with E-state index >= 15 is 0 Å². The molecule has 71 valence electrons. The molecule has 0 bridgehead atoms. The van der Waals surface area contributed by atoms with E-state index in [0.717, 1.165) is 16.5 Å². The third-order valence-corrected chi connectivity index (χ3v) is 2.02. The first kappa shape index (κ1) is 8.81. The summed E-state index contributed by atoms with van der Waals surface area (Å²) in [5, 5.41) is 0.976. The molecule has 0 atom stereocenters. The van der Waals surface area contributed by atoms with E-state index in [2.05, 4.69) is 11.9 Å². The zero-order valence-electron chi connectivity index (χ0n) is 7.83. The van der Waals surface area contributed by atoms with Gasteiger partial charge in [0.15, 0.2) is 0 Å². The predicted octanol–water partition coefficient (Wildman–Crippen LogP) is 2.28. The number of para-hydroxylation sites is 1. The van der Waals surface area contributed by atoms with Crippen molar-refractivity contribution in [3.63, 3.8) is 0 Å². The van der Waals surface area contributed by atoms with Crippen molar-refractivity contribution in [1.82, 2.24) is 4.98 Å². The second-order valence-corrected chi connectivity index (χ2v) is 3.07. The van der Waals surface area contributed by atoms with Gasteiger partial charge in [0, 0.05) is 23.4 Å². The summed E-state index contributed by atoms with van der Waals surface area (Å²) in [5.74, 6) is 0.0835. The molecule has 0 unspecified atom stereocenters. The van der Waals surface area contributed by atoms with Crippen molar-refractivity contribution in [2.24, 2.45) is 0 Å². The van der Waals surface area contributed by atoms with Gasteiger partial charge in [-0.25, -0.2) is 0 Å². The minimum atomic E-state index is -0.346. The summed E-state index contributed by atoms with van der Waals surface area (Å²) in [5.41, 5.74) is 1.64. The van der Waals surface area contributed by atoms with E-state index in [1.54, 1.807) is 0 Å². The first-order valence-electron chi connectivity index (χ1n) is 4.29. The molecule has 3 nitrogen and oxygen atoms in total. The Morgan fingerprint density at radius 1 is 1.43 bits per heavy atom. The molecule has 0 saturated carbocycles. The minimum absolute atomic E-state index is 0.346. The van der Waals surface area contributed by atoms with Gasteiger partial charge in [-0.3, -0.25) is 4.79 Å². The van der Waals surface area contributed by atoms with Gasteiger partial charge >= 0.3 is 5.97 Å². The Morgan fingerprint density at radius 3 is 2.79 bits per heavy atom. The molecule has 1 aromatic carbocycles. The van der Waals surface area contributed by atoms with Crippen LogP contribution in [0, 0.1) is 6.92 Å². The molecule has 1 radical (unpaired) electrons. The molecule has 1 heterocycles. The molecule has 3 heteroatoms. The number of hydrogen-bond donors (Lipinski definition) is 1. The van der Waals surface area contributed by atoms with Gasteiger partial charge in [-0.1, -0.05) is 18.2 Å². The number of aromatic nitrogens is 1. The summed E-state index contributed by atoms with van der Waals surface area (Å²) in [6, 6.07) is 7.68. The van der Waals surface area contributed by atoms with Crippen molar-refractivity contribution < 1.29 is 9.53 Å². The zero-order valence-corrected chi connectivity index (χ0v) is 7.83. The number of H-pyrrole nitrogens is 1. The summed E-state index contributed by atoms with van der Waals surface area (Å²) in [6.45, 7) is 5.22. The summed E-state index contributed by atoms with van der Waals surface area (Å²) >= 11 is 0. The van der Waals surface area contributed by atoms with Crippen LogP contribution in [0.2, 0.25) is 0 Å². The van der Waals surface area contributed by atoms with E-state index < -0.39 is 0 Å². The lowest BCUT2D eigenvalue weighted by Gasteiger charge is -1.97. The molecule has 0 fully saturated rings. The number of benzene rings is 1. The lowest BCUT2D eigenvalue weighted by molar-refractivity contribution is -0.132. The van der Waals surface area contributed by atoms with Crippen LogP contribution in [0.15, 0.2) is 24.3 Å². The smallest absolute Gasteiger partial charge is 0.309 e. The number of carbonyl (C=O) groups is 1. The van der Waals surface area contributed by atoms with Gasteiger partial charge in [0.1, 0.15) is 0 Å². The maximum atomic E-state index is 10.8. The lowest BCUT2D eigenvalue weighted by Crippen LogP contribution is -2.02. The van der Waals surface area contributed by atoms with E-state index in [-0.39, 0.29) is 5.97 Å². The van der Waals surface area contributed by atoms with Crippen LogP contribution in [0.5, 0.6) is 5.88 Å². The minimum Gasteiger partial charge on any atom is -0.409 e. The van der Waals surface area contributed by atoms with Crippen LogP contribution >= 0.6 is 0 Å². The second kappa shape index (κ2) is 3.18. The Kier molecular flexibility index (Phi) is 2.00. The number of hydrogen-bond acceptors (Lipinski definition) is 2. The van der Waals surface area contributed by atoms with Crippen LogP contribution in [0.3, 0.4) is 0 Å². The van der Waals surface area contributed by atoms with Crippen molar-refractivity contribution in [3.05, 3.63) is 36.8 Å². The first-order valence-corrected chi connectivity index (χ1v) is 4.29. The highest BCUT2D eigenvalue weighted by Crippen LogP contribution is 2.26. The Bertz CT molecular complexity index is 485. The quantitative estimate of drug-likeness (QED) is 0.697. The van der Waals surface area contributed by atoms with Gasteiger partial charge in [-0.2, -0.15) is 0 Å². The Morgan fingerprint density at radius 2 is 2.14 bits per heavy atom. The molecule has 0 aliphatic heterocycles. The SMILES string of the molecule is [CH2]c1c(OC(C)=O)[nH]c2ccccc12. The van der Waals surface area contributed by atoms with Crippen molar-refractivity contribution in [3.8, 4) is 5.88 Å². The number of esters is 1. The Hall–Kier alpha value is -1.77. The molecule has 0 saturated heterocycles. The summed E-state index contributed by atoms with van der Waals surface area (Å²) in [7, 11) is 0. The molecular formula is C11H10NO2. The molecule has 14 heavy (non-hydrogen) atoms. The van der Waals surface area contributed by atoms with Crippen LogP contribution in [0.4, 0.5) is 0 Å². The monoisotopic (exact) mass is 188 g/mol. The van der Waals surface area contributed by atoms with Crippen molar-refractivity contribution in [2.45, 2.75) is 6.92 Å². The van der Waals surface area contributed by atoms with Crippen molar-refractivity contribution >= 4 is 16.9 Å². The molecule has 0 amide bonds. The number of aromatic amines is 1. The van der Waals surface area contributed by atoms with Gasteiger partial charge in [0.05, 0.1) is 0 Å². The first-order chi connectivity index (χ1) is 6.68. The van der Waals surface area contributed by atoms with Gasteiger partial charge in [0.25, 0.3) is 0 Å². The number of fused-ring (bicyclic) bond motifs is 1. The largest absolute Gasteiger partial charge is 0.409 e. The van der Waals surface area contributed by atoms with Crippen LogP contribution < -0.4 is 4.74 Å². The second-order valence-electron chi connectivity index (χ2n) is 3.07.